The van der Waals surface area contributed by atoms with Crippen molar-refractivity contribution in [3.8, 4) is 11.3 Å². The zero-order chi connectivity index (χ0) is 18.9. The Bertz CT molecular complexity index is 787. The van der Waals surface area contributed by atoms with Crippen LogP contribution in [0.2, 0.25) is 0 Å². The Balaban J connectivity index is 1.17. The monoisotopic (exact) mass is 380 g/mol. The predicted molar refractivity (Wildman–Crippen MR) is 110 cm³/mol. The quantitative estimate of drug-likeness (QED) is 0.770. The molecule has 0 amide bonds. The lowest BCUT2D eigenvalue weighted by atomic mass is 9.81. The number of rotatable bonds is 6. The highest BCUT2D eigenvalue weighted by molar-refractivity contribution is 5.68. The number of hydrogen-bond donors (Lipinski definition) is 1. The van der Waals surface area contributed by atoms with E-state index in [1.165, 1.54) is 42.5 Å². The molecule has 2 aromatic rings. The van der Waals surface area contributed by atoms with Crippen molar-refractivity contribution in [3.63, 3.8) is 0 Å². The highest BCUT2D eigenvalue weighted by Gasteiger charge is 2.34. The van der Waals surface area contributed by atoms with Gasteiger partial charge in [-0.1, -0.05) is 37.1 Å². The molecule has 0 saturated heterocycles. The van der Waals surface area contributed by atoms with Crippen LogP contribution in [0.15, 0.2) is 36.8 Å². The number of nitrogens with zero attached hydrogens (tertiary/aromatic N) is 2. The van der Waals surface area contributed by atoms with Gasteiger partial charge in [0, 0.05) is 12.2 Å². The van der Waals surface area contributed by atoms with Crippen LogP contribution in [-0.4, -0.2) is 33.5 Å². The fourth-order valence-electron chi connectivity index (χ4n) is 5.68. The van der Waals surface area contributed by atoms with Crippen LogP contribution in [0.5, 0.6) is 0 Å². The molecule has 0 spiro atoms. The first-order valence-corrected chi connectivity index (χ1v) is 11.2. The normalized spacial score (nSPS) is 28.2. The third-order valence-corrected chi connectivity index (χ3v) is 7.37. The van der Waals surface area contributed by atoms with Crippen molar-refractivity contribution in [2.75, 3.05) is 6.61 Å². The number of ether oxygens (including phenoxy) is 1. The number of benzene rings is 1. The van der Waals surface area contributed by atoms with Crippen LogP contribution in [0.3, 0.4) is 0 Å². The van der Waals surface area contributed by atoms with E-state index >= 15 is 0 Å². The molecule has 2 atom stereocenters. The van der Waals surface area contributed by atoms with Crippen molar-refractivity contribution >= 4 is 0 Å². The lowest BCUT2D eigenvalue weighted by Gasteiger charge is -2.33. The number of aliphatic hydroxyl groups is 1. The SMILES string of the molecule is OC(CC1c2ccccc2-c2cncn21)[C@H]1CC[C@H](OCC2CCCC2)CC1. The van der Waals surface area contributed by atoms with Gasteiger partial charge in [0.25, 0.3) is 0 Å². The van der Waals surface area contributed by atoms with Gasteiger partial charge in [-0.15, -0.1) is 0 Å². The van der Waals surface area contributed by atoms with Gasteiger partial charge >= 0.3 is 0 Å². The van der Waals surface area contributed by atoms with Crippen LogP contribution < -0.4 is 0 Å². The number of hydrogen-bond acceptors (Lipinski definition) is 3. The summed E-state index contributed by atoms with van der Waals surface area (Å²) in [4.78, 5) is 4.34. The second kappa shape index (κ2) is 8.00. The summed E-state index contributed by atoms with van der Waals surface area (Å²) in [6, 6.07) is 8.77. The summed E-state index contributed by atoms with van der Waals surface area (Å²) in [7, 11) is 0. The summed E-state index contributed by atoms with van der Waals surface area (Å²) >= 11 is 0. The zero-order valence-electron chi connectivity index (χ0n) is 16.7. The summed E-state index contributed by atoms with van der Waals surface area (Å²) in [5, 5.41) is 11.0. The standard InChI is InChI=1S/C24H32N2O2/c27-24(18-9-11-19(12-10-18)28-15-17-5-1-2-6-17)13-22-20-7-3-4-8-21(20)23-14-25-16-26(22)23/h3-4,7-8,14,16-19,22,24,27H,1-2,5-6,9-13,15H2/t18-,19-,22?,24?. The summed E-state index contributed by atoms with van der Waals surface area (Å²) < 4.78 is 8.46. The highest BCUT2D eigenvalue weighted by atomic mass is 16.5. The van der Waals surface area contributed by atoms with Crippen molar-refractivity contribution in [2.24, 2.45) is 11.8 Å². The van der Waals surface area contributed by atoms with Gasteiger partial charge in [-0.3, -0.25) is 0 Å². The molecule has 2 saturated carbocycles. The predicted octanol–water partition coefficient (Wildman–Crippen LogP) is 4.97. The molecular weight excluding hydrogens is 348 g/mol. The van der Waals surface area contributed by atoms with Crippen molar-refractivity contribution in [3.05, 3.63) is 42.4 Å². The van der Waals surface area contributed by atoms with E-state index in [2.05, 4.69) is 33.8 Å². The second-order valence-electron chi connectivity index (χ2n) is 9.11. The third kappa shape index (κ3) is 3.53. The van der Waals surface area contributed by atoms with E-state index in [0.29, 0.717) is 12.0 Å². The largest absolute Gasteiger partial charge is 0.393 e. The Morgan fingerprint density at radius 1 is 1.07 bits per heavy atom. The van der Waals surface area contributed by atoms with Crippen LogP contribution in [0.4, 0.5) is 0 Å². The van der Waals surface area contributed by atoms with E-state index in [1.54, 1.807) is 0 Å². The summed E-state index contributed by atoms with van der Waals surface area (Å²) in [5.41, 5.74) is 3.77. The van der Waals surface area contributed by atoms with Gasteiger partial charge < -0.3 is 14.4 Å². The van der Waals surface area contributed by atoms with E-state index in [1.807, 2.05) is 12.5 Å². The van der Waals surface area contributed by atoms with Crippen molar-refractivity contribution < 1.29 is 9.84 Å². The summed E-state index contributed by atoms with van der Waals surface area (Å²) in [6.45, 7) is 0.958. The molecule has 0 bridgehead atoms. The van der Waals surface area contributed by atoms with Gasteiger partial charge in [0.2, 0.25) is 0 Å². The van der Waals surface area contributed by atoms with Gasteiger partial charge in [0.15, 0.2) is 0 Å². The molecule has 0 radical (unpaired) electrons. The number of aliphatic hydroxyl groups excluding tert-OH is 1. The topological polar surface area (TPSA) is 47.3 Å². The van der Waals surface area contributed by atoms with E-state index in [9.17, 15) is 5.11 Å². The molecule has 4 heteroatoms. The molecule has 1 aromatic heterocycles. The average molecular weight is 381 g/mol. The smallest absolute Gasteiger partial charge is 0.0956 e. The maximum atomic E-state index is 11.0. The first-order chi connectivity index (χ1) is 13.8. The number of aromatic nitrogens is 2. The summed E-state index contributed by atoms with van der Waals surface area (Å²) in [5.74, 6) is 1.20. The minimum Gasteiger partial charge on any atom is -0.393 e. The van der Waals surface area contributed by atoms with Crippen molar-refractivity contribution in [1.82, 2.24) is 9.55 Å². The van der Waals surface area contributed by atoms with E-state index in [4.69, 9.17) is 4.74 Å². The lowest BCUT2D eigenvalue weighted by molar-refractivity contribution is -0.0201. The molecule has 1 N–H and O–H groups in total. The van der Waals surface area contributed by atoms with E-state index < -0.39 is 0 Å². The van der Waals surface area contributed by atoms with Crippen LogP contribution in [-0.2, 0) is 4.74 Å². The first-order valence-electron chi connectivity index (χ1n) is 11.2. The van der Waals surface area contributed by atoms with Gasteiger partial charge in [0.05, 0.1) is 36.5 Å². The van der Waals surface area contributed by atoms with Gasteiger partial charge in [0.1, 0.15) is 0 Å². The molecule has 28 heavy (non-hydrogen) atoms. The minimum atomic E-state index is -0.262. The highest BCUT2D eigenvalue weighted by Crippen LogP contribution is 2.43. The molecular formula is C24H32N2O2. The Hall–Kier alpha value is -1.65. The third-order valence-electron chi connectivity index (χ3n) is 7.37. The Labute approximate surface area is 167 Å². The molecule has 3 aliphatic rings. The minimum absolute atomic E-state index is 0.208. The lowest BCUT2D eigenvalue weighted by Crippen LogP contribution is -2.31. The maximum absolute atomic E-state index is 11.0. The molecule has 2 aliphatic carbocycles. The molecule has 4 nitrogen and oxygen atoms in total. The molecule has 2 heterocycles. The molecule has 2 unspecified atom stereocenters. The van der Waals surface area contributed by atoms with Crippen LogP contribution >= 0.6 is 0 Å². The molecule has 150 valence electrons. The van der Waals surface area contributed by atoms with Crippen molar-refractivity contribution in [1.29, 1.82) is 0 Å². The van der Waals surface area contributed by atoms with Crippen molar-refractivity contribution in [2.45, 2.75) is 76.0 Å². The van der Waals surface area contributed by atoms with Gasteiger partial charge in [-0.05, 0) is 62.3 Å². The summed E-state index contributed by atoms with van der Waals surface area (Å²) in [6.07, 6.45) is 14.6. The van der Waals surface area contributed by atoms with E-state index in [-0.39, 0.29) is 12.1 Å². The zero-order valence-corrected chi connectivity index (χ0v) is 16.7. The Morgan fingerprint density at radius 3 is 2.68 bits per heavy atom. The fraction of sp³-hybridized carbons (Fsp3) is 0.625. The number of fused-ring (bicyclic) bond motifs is 3. The molecule has 5 rings (SSSR count). The molecule has 1 aromatic carbocycles. The van der Waals surface area contributed by atoms with Gasteiger partial charge in [-0.25, -0.2) is 4.98 Å². The van der Waals surface area contributed by atoms with Crippen LogP contribution in [0, 0.1) is 11.8 Å². The maximum Gasteiger partial charge on any atom is 0.0956 e. The Kier molecular flexibility index (Phi) is 5.25. The number of imidazole rings is 1. The van der Waals surface area contributed by atoms with E-state index in [0.717, 1.165) is 44.6 Å². The average Bonchev–Trinajstić information content (AvgIpc) is 3.46. The Morgan fingerprint density at radius 2 is 1.86 bits per heavy atom. The fourth-order valence-corrected chi connectivity index (χ4v) is 5.68. The van der Waals surface area contributed by atoms with Gasteiger partial charge in [-0.2, -0.15) is 0 Å². The molecule has 2 fully saturated rings. The second-order valence-corrected chi connectivity index (χ2v) is 9.11. The first kappa shape index (κ1) is 18.4. The van der Waals surface area contributed by atoms with Crippen LogP contribution in [0.1, 0.15) is 69.4 Å². The van der Waals surface area contributed by atoms with Crippen LogP contribution in [0.25, 0.3) is 11.3 Å². The molecule has 1 aliphatic heterocycles.